The van der Waals surface area contributed by atoms with E-state index in [0.29, 0.717) is 26.2 Å². The monoisotopic (exact) mass is 502 g/mol. The Hall–Kier alpha value is -2.49. The second-order valence-corrected chi connectivity index (χ2v) is 11.3. The molecule has 2 atom stereocenters. The van der Waals surface area contributed by atoms with E-state index in [0.717, 1.165) is 43.2 Å². The molecule has 2 aliphatic rings. The number of benzene rings is 2. The first kappa shape index (κ1) is 25.6. The molecule has 2 fully saturated rings. The molecule has 0 bridgehead atoms. The Balaban J connectivity index is 1.57. The molecule has 7 nitrogen and oxygen atoms in total. The summed E-state index contributed by atoms with van der Waals surface area (Å²) < 4.78 is 40.8. The number of rotatable bonds is 8. The highest BCUT2D eigenvalue weighted by molar-refractivity contribution is 7.88. The van der Waals surface area contributed by atoms with Crippen LogP contribution >= 0.6 is 0 Å². The molecule has 1 aliphatic carbocycles. The molecule has 1 saturated heterocycles. The van der Waals surface area contributed by atoms with Crippen LogP contribution in [0.5, 0.6) is 0 Å². The Morgan fingerprint density at radius 1 is 0.943 bits per heavy atom. The van der Waals surface area contributed by atoms with Gasteiger partial charge in [0.05, 0.1) is 12.3 Å². The minimum atomic E-state index is -3.64. The van der Waals surface area contributed by atoms with Crippen LogP contribution in [0, 0.1) is 5.82 Å². The normalized spacial score (nSPS) is 19.8. The minimum absolute atomic E-state index is 0.0758. The van der Waals surface area contributed by atoms with Crippen molar-refractivity contribution in [1.82, 2.24) is 14.9 Å². The first-order chi connectivity index (χ1) is 16.8. The SMILES string of the molecule is CS(=O)(=O)N[C@@H](C(=O)NC1CCCCC1)[C@@H](c1ccccc1)N1CCN(c2ccc(F)cc2)CC1. The predicted molar refractivity (Wildman–Crippen MR) is 136 cm³/mol. The van der Waals surface area contributed by atoms with E-state index in [1.807, 2.05) is 30.3 Å². The molecule has 1 saturated carbocycles. The Kier molecular flexibility index (Phi) is 8.41. The smallest absolute Gasteiger partial charge is 0.240 e. The molecule has 4 rings (SSSR count). The number of piperazine rings is 1. The summed E-state index contributed by atoms with van der Waals surface area (Å²) in [6.07, 6.45) is 6.25. The van der Waals surface area contributed by atoms with Gasteiger partial charge in [-0.25, -0.2) is 17.5 Å². The van der Waals surface area contributed by atoms with Gasteiger partial charge in [-0.2, -0.15) is 0 Å². The molecule has 0 unspecified atom stereocenters. The number of anilines is 1. The number of nitrogens with zero attached hydrogens (tertiary/aromatic N) is 2. The van der Waals surface area contributed by atoms with Crippen LogP contribution in [-0.2, 0) is 14.8 Å². The van der Waals surface area contributed by atoms with E-state index >= 15 is 0 Å². The van der Waals surface area contributed by atoms with E-state index in [1.54, 1.807) is 12.1 Å². The second-order valence-electron chi connectivity index (χ2n) is 9.57. The highest BCUT2D eigenvalue weighted by Crippen LogP contribution is 2.29. The molecular formula is C26H35FN4O3S. The van der Waals surface area contributed by atoms with Crippen molar-refractivity contribution in [2.45, 2.75) is 50.2 Å². The van der Waals surface area contributed by atoms with Gasteiger partial charge in [0.15, 0.2) is 0 Å². The molecule has 2 aromatic rings. The van der Waals surface area contributed by atoms with Crippen molar-refractivity contribution in [3.05, 3.63) is 66.0 Å². The second kappa shape index (κ2) is 11.5. The average molecular weight is 503 g/mol. The number of carbonyl (C=O) groups is 1. The minimum Gasteiger partial charge on any atom is -0.369 e. The maximum absolute atomic E-state index is 13.6. The van der Waals surface area contributed by atoms with Crippen LogP contribution in [0.2, 0.25) is 0 Å². The van der Waals surface area contributed by atoms with Gasteiger partial charge in [-0.05, 0) is 42.7 Å². The standard InChI is InChI=1S/C26H35FN4O3S/c1-35(33,34)29-24(26(32)28-22-10-6-3-7-11-22)25(20-8-4-2-5-9-20)31-18-16-30(17-19-31)23-14-12-21(27)13-15-23/h2,4-5,8-9,12-15,22,24-25,29H,3,6-7,10-11,16-19H2,1H3,(H,28,32)/t24-,25-/m1/s1. The van der Waals surface area contributed by atoms with E-state index in [2.05, 4.69) is 19.8 Å². The Morgan fingerprint density at radius 2 is 1.57 bits per heavy atom. The van der Waals surface area contributed by atoms with Crippen molar-refractivity contribution in [2.75, 3.05) is 37.3 Å². The van der Waals surface area contributed by atoms with E-state index in [4.69, 9.17) is 0 Å². The molecule has 35 heavy (non-hydrogen) atoms. The number of halogens is 1. The summed E-state index contributed by atoms with van der Waals surface area (Å²) in [6, 6.07) is 14.7. The molecule has 1 heterocycles. The molecule has 0 radical (unpaired) electrons. The van der Waals surface area contributed by atoms with Gasteiger partial charge in [0, 0.05) is 37.9 Å². The van der Waals surface area contributed by atoms with E-state index < -0.39 is 22.1 Å². The number of amides is 1. The van der Waals surface area contributed by atoms with E-state index in [1.165, 1.54) is 18.6 Å². The summed E-state index contributed by atoms with van der Waals surface area (Å²) in [7, 11) is -3.64. The molecular weight excluding hydrogens is 467 g/mol. The van der Waals surface area contributed by atoms with Crippen LogP contribution in [0.4, 0.5) is 10.1 Å². The van der Waals surface area contributed by atoms with Crippen LogP contribution in [-0.4, -0.2) is 63.7 Å². The topological polar surface area (TPSA) is 81.7 Å². The third-order valence-corrected chi connectivity index (χ3v) is 7.61. The first-order valence-electron chi connectivity index (χ1n) is 12.4. The molecule has 0 spiro atoms. The van der Waals surface area contributed by atoms with Crippen LogP contribution < -0.4 is 14.9 Å². The summed E-state index contributed by atoms with van der Waals surface area (Å²) in [5.74, 6) is -0.549. The maximum atomic E-state index is 13.6. The first-order valence-corrected chi connectivity index (χ1v) is 14.3. The Labute approximate surface area is 207 Å². The predicted octanol–water partition coefficient (Wildman–Crippen LogP) is 3.06. The fourth-order valence-corrected chi connectivity index (χ4v) is 5.90. The van der Waals surface area contributed by atoms with E-state index in [9.17, 15) is 17.6 Å². The lowest BCUT2D eigenvalue weighted by Gasteiger charge is -2.43. The Bertz CT molecular complexity index is 1070. The van der Waals surface area contributed by atoms with Gasteiger partial charge in [0.2, 0.25) is 15.9 Å². The fraction of sp³-hybridized carbons (Fsp3) is 0.500. The van der Waals surface area contributed by atoms with Gasteiger partial charge < -0.3 is 10.2 Å². The van der Waals surface area contributed by atoms with Gasteiger partial charge in [-0.1, -0.05) is 49.6 Å². The summed E-state index contributed by atoms with van der Waals surface area (Å²) in [5, 5.41) is 3.13. The average Bonchev–Trinajstić information content (AvgIpc) is 2.85. The van der Waals surface area contributed by atoms with Crippen LogP contribution in [0.1, 0.15) is 43.7 Å². The van der Waals surface area contributed by atoms with Crippen molar-refractivity contribution in [1.29, 1.82) is 0 Å². The number of sulfonamides is 1. The number of hydrogen-bond acceptors (Lipinski definition) is 5. The highest BCUT2D eigenvalue weighted by atomic mass is 32.2. The lowest BCUT2D eigenvalue weighted by Crippen LogP contribution is -2.58. The molecule has 1 amide bonds. The summed E-state index contributed by atoms with van der Waals surface area (Å²) >= 11 is 0. The zero-order valence-electron chi connectivity index (χ0n) is 20.2. The van der Waals surface area contributed by atoms with Gasteiger partial charge in [-0.3, -0.25) is 9.69 Å². The summed E-state index contributed by atoms with van der Waals surface area (Å²) in [4.78, 5) is 17.9. The molecule has 9 heteroatoms. The maximum Gasteiger partial charge on any atom is 0.240 e. The third-order valence-electron chi connectivity index (χ3n) is 6.93. The molecule has 0 aromatic heterocycles. The molecule has 2 aromatic carbocycles. The van der Waals surface area contributed by atoms with Crippen molar-refractivity contribution < 1.29 is 17.6 Å². The van der Waals surface area contributed by atoms with Gasteiger partial charge >= 0.3 is 0 Å². The summed E-state index contributed by atoms with van der Waals surface area (Å²) in [5.41, 5.74) is 1.84. The number of hydrogen-bond donors (Lipinski definition) is 2. The Morgan fingerprint density at radius 3 is 2.17 bits per heavy atom. The fourth-order valence-electron chi connectivity index (χ4n) is 5.20. The van der Waals surface area contributed by atoms with Crippen molar-refractivity contribution in [3.63, 3.8) is 0 Å². The zero-order valence-corrected chi connectivity index (χ0v) is 21.0. The number of nitrogens with one attached hydrogen (secondary N) is 2. The van der Waals surface area contributed by atoms with Crippen molar-refractivity contribution in [2.24, 2.45) is 0 Å². The molecule has 190 valence electrons. The van der Waals surface area contributed by atoms with Crippen LogP contribution in [0.15, 0.2) is 54.6 Å². The largest absolute Gasteiger partial charge is 0.369 e. The van der Waals surface area contributed by atoms with Crippen LogP contribution in [0.3, 0.4) is 0 Å². The van der Waals surface area contributed by atoms with Gasteiger partial charge in [-0.15, -0.1) is 0 Å². The quantitative estimate of drug-likeness (QED) is 0.580. The summed E-state index contributed by atoms with van der Waals surface area (Å²) in [6.45, 7) is 2.64. The lowest BCUT2D eigenvalue weighted by molar-refractivity contribution is -0.125. The van der Waals surface area contributed by atoms with E-state index in [-0.39, 0.29) is 17.8 Å². The van der Waals surface area contributed by atoms with Gasteiger partial charge in [0.1, 0.15) is 11.9 Å². The lowest BCUT2D eigenvalue weighted by atomic mass is 9.93. The van der Waals surface area contributed by atoms with Crippen LogP contribution in [0.25, 0.3) is 0 Å². The number of carbonyl (C=O) groups excluding carboxylic acids is 1. The molecule has 1 aliphatic heterocycles. The van der Waals surface area contributed by atoms with Crippen molar-refractivity contribution in [3.8, 4) is 0 Å². The molecule has 2 N–H and O–H groups in total. The highest BCUT2D eigenvalue weighted by Gasteiger charge is 2.38. The van der Waals surface area contributed by atoms with Gasteiger partial charge in [0.25, 0.3) is 0 Å². The van der Waals surface area contributed by atoms with Crippen molar-refractivity contribution >= 4 is 21.6 Å². The zero-order chi connectivity index (χ0) is 24.8. The third kappa shape index (κ3) is 7.02.